The van der Waals surface area contributed by atoms with Gasteiger partial charge in [-0.1, -0.05) is 12.1 Å². The smallest absolute Gasteiger partial charge is 0.123 e. The maximum Gasteiger partial charge on any atom is 0.123 e. The van der Waals surface area contributed by atoms with Crippen molar-refractivity contribution in [2.75, 3.05) is 14.1 Å². The molecule has 21 heavy (non-hydrogen) atoms. The van der Waals surface area contributed by atoms with Gasteiger partial charge in [0.2, 0.25) is 0 Å². The largest absolute Gasteiger partial charge is 0.303 e. The third kappa shape index (κ3) is 2.67. The molecule has 1 N–H and O–H groups in total. The predicted molar refractivity (Wildman–Crippen MR) is 83.6 cm³/mol. The number of nitrogens with one attached hydrogen (secondary N) is 1. The zero-order valence-electron chi connectivity index (χ0n) is 12.4. The monoisotopic (exact) mass is 283 g/mol. The van der Waals surface area contributed by atoms with Crippen molar-refractivity contribution in [3.05, 3.63) is 53.5 Å². The Labute approximate surface area is 123 Å². The second-order valence-electron chi connectivity index (χ2n) is 5.63. The van der Waals surface area contributed by atoms with E-state index in [0.717, 1.165) is 39.8 Å². The quantitative estimate of drug-likeness (QED) is 0.794. The maximum absolute atomic E-state index is 13.3. The molecule has 0 atom stereocenters. The van der Waals surface area contributed by atoms with Crippen LogP contribution in [0.25, 0.3) is 22.0 Å². The molecule has 0 saturated heterocycles. The van der Waals surface area contributed by atoms with E-state index in [1.165, 1.54) is 6.07 Å². The third-order valence-corrected chi connectivity index (χ3v) is 3.61. The molecule has 0 bridgehead atoms. The summed E-state index contributed by atoms with van der Waals surface area (Å²) in [5.41, 5.74) is 5.12. The molecule has 0 aliphatic carbocycles. The van der Waals surface area contributed by atoms with E-state index >= 15 is 0 Å². The van der Waals surface area contributed by atoms with Crippen LogP contribution in [0, 0.1) is 12.7 Å². The van der Waals surface area contributed by atoms with Crippen LogP contribution in [0.1, 0.15) is 11.3 Å². The van der Waals surface area contributed by atoms with Crippen LogP contribution < -0.4 is 0 Å². The van der Waals surface area contributed by atoms with E-state index < -0.39 is 0 Å². The zero-order chi connectivity index (χ0) is 15.0. The van der Waals surface area contributed by atoms with E-state index in [1.807, 2.05) is 39.2 Å². The SMILES string of the molecule is Cc1cc(F)ccc1-c1ccc2[nH]nc(CN(C)C)c2c1. The van der Waals surface area contributed by atoms with Gasteiger partial charge in [-0.25, -0.2) is 4.39 Å². The highest BCUT2D eigenvalue weighted by molar-refractivity contribution is 5.87. The standard InChI is InChI=1S/C17H18FN3/c1-11-8-13(18)5-6-14(11)12-4-7-16-15(9-12)17(20-19-16)10-21(2)3/h4-9H,10H2,1-3H3,(H,19,20). The molecule has 3 rings (SSSR count). The summed E-state index contributed by atoms with van der Waals surface area (Å²) < 4.78 is 13.3. The van der Waals surface area contributed by atoms with E-state index in [4.69, 9.17) is 0 Å². The molecule has 1 aromatic heterocycles. The minimum atomic E-state index is -0.200. The first-order chi connectivity index (χ1) is 10.0. The molecule has 0 amide bonds. The normalized spacial score (nSPS) is 11.5. The zero-order valence-corrected chi connectivity index (χ0v) is 12.4. The van der Waals surface area contributed by atoms with E-state index in [2.05, 4.69) is 21.2 Å². The van der Waals surface area contributed by atoms with Crippen molar-refractivity contribution in [3.63, 3.8) is 0 Å². The topological polar surface area (TPSA) is 31.9 Å². The molecule has 2 aromatic carbocycles. The van der Waals surface area contributed by atoms with Crippen LogP contribution in [0.5, 0.6) is 0 Å². The number of aryl methyl sites for hydroxylation is 1. The van der Waals surface area contributed by atoms with Crippen LogP contribution >= 0.6 is 0 Å². The summed E-state index contributed by atoms with van der Waals surface area (Å²) in [7, 11) is 4.04. The van der Waals surface area contributed by atoms with Gasteiger partial charge >= 0.3 is 0 Å². The number of fused-ring (bicyclic) bond motifs is 1. The summed E-state index contributed by atoms with van der Waals surface area (Å²) in [5, 5.41) is 8.56. The van der Waals surface area contributed by atoms with Crippen molar-refractivity contribution < 1.29 is 4.39 Å². The Kier molecular flexibility index (Phi) is 3.47. The highest BCUT2D eigenvalue weighted by Gasteiger charge is 2.09. The first-order valence-corrected chi connectivity index (χ1v) is 6.93. The molecular weight excluding hydrogens is 265 g/mol. The van der Waals surface area contributed by atoms with Crippen LogP contribution in [0.2, 0.25) is 0 Å². The van der Waals surface area contributed by atoms with E-state index in [9.17, 15) is 4.39 Å². The van der Waals surface area contributed by atoms with Gasteiger partial charge in [-0.05, 0) is 62.0 Å². The summed E-state index contributed by atoms with van der Waals surface area (Å²) in [6, 6.07) is 11.1. The van der Waals surface area contributed by atoms with E-state index in [1.54, 1.807) is 6.07 Å². The minimum absolute atomic E-state index is 0.200. The van der Waals surface area contributed by atoms with Crippen LogP contribution in [0.4, 0.5) is 4.39 Å². The molecule has 0 radical (unpaired) electrons. The Hall–Kier alpha value is -2.20. The molecule has 0 unspecified atom stereocenters. The van der Waals surface area contributed by atoms with Gasteiger partial charge in [0.1, 0.15) is 5.82 Å². The Morgan fingerprint density at radius 2 is 1.95 bits per heavy atom. The highest BCUT2D eigenvalue weighted by Crippen LogP contribution is 2.28. The molecule has 4 heteroatoms. The fourth-order valence-corrected chi connectivity index (χ4v) is 2.61. The summed E-state index contributed by atoms with van der Waals surface area (Å²) in [4.78, 5) is 2.09. The highest BCUT2D eigenvalue weighted by atomic mass is 19.1. The van der Waals surface area contributed by atoms with Gasteiger partial charge in [-0.3, -0.25) is 5.10 Å². The fraction of sp³-hybridized carbons (Fsp3) is 0.235. The number of rotatable bonds is 3. The number of aromatic nitrogens is 2. The van der Waals surface area contributed by atoms with E-state index in [-0.39, 0.29) is 5.82 Å². The summed E-state index contributed by atoms with van der Waals surface area (Å²) in [6.07, 6.45) is 0. The molecule has 0 aliphatic heterocycles. The summed E-state index contributed by atoms with van der Waals surface area (Å²) >= 11 is 0. The molecule has 0 fully saturated rings. The molecule has 1 heterocycles. The molecule has 0 spiro atoms. The van der Waals surface area contributed by atoms with Gasteiger partial charge in [0, 0.05) is 11.9 Å². The van der Waals surface area contributed by atoms with Crippen molar-refractivity contribution in [1.82, 2.24) is 15.1 Å². The molecule has 108 valence electrons. The number of hydrogen-bond donors (Lipinski definition) is 1. The van der Waals surface area contributed by atoms with Gasteiger partial charge in [-0.15, -0.1) is 0 Å². The molecular formula is C17H18FN3. The lowest BCUT2D eigenvalue weighted by molar-refractivity contribution is 0.398. The van der Waals surface area contributed by atoms with Crippen molar-refractivity contribution in [3.8, 4) is 11.1 Å². The number of aromatic amines is 1. The molecule has 0 saturated carbocycles. The average Bonchev–Trinajstić information content (AvgIpc) is 2.80. The summed E-state index contributed by atoms with van der Waals surface area (Å²) in [5.74, 6) is -0.200. The van der Waals surface area contributed by atoms with Crippen LogP contribution in [-0.4, -0.2) is 29.2 Å². The Bertz CT molecular complexity index is 790. The Morgan fingerprint density at radius 3 is 2.67 bits per heavy atom. The van der Waals surface area contributed by atoms with E-state index in [0.29, 0.717) is 0 Å². The first kappa shape index (κ1) is 13.8. The van der Waals surface area contributed by atoms with Gasteiger partial charge in [0.25, 0.3) is 0 Å². The Balaban J connectivity index is 2.11. The second-order valence-corrected chi connectivity index (χ2v) is 5.63. The van der Waals surface area contributed by atoms with Crippen molar-refractivity contribution >= 4 is 10.9 Å². The fourth-order valence-electron chi connectivity index (χ4n) is 2.61. The lowest BCUT2D eigenvalue weighted by Crippen LogP contribution is -2.11. The van der Waals surface area contributed by atoms with Gasteiger partial charge in [-0.2, -0.15) is 5.10 Å². The first-order valence-electron chi connectivity index (χ1n) is 6.93. The lowest BCUT2D eigenvalue weighted by atomic mass is 9.99. The van der Waals surface area contributed by atoms with Crippen LogP contribution in [0.3, 0.4) is 0 Å². The second kappa shape index (κ2) is 5.30. The Morgan fingerprint density at radius 1 is 1.14 bits per heavy atom. The maximum atomic E-state index is 13.3. The van der Waals surface area contributed by atoms with Gasteiger partial charge in [0.05, 0.1) is 11.2 Å². The number of hydrogen-bond acceptors (Lipinski definition) is 2. The number of nitrogens with zero attached hydrogens (tertiary/aromatic N) is 2. The van der Waals surface area contributed by atoms with Gasteiger partial charge in [0.15, 0.2) is 0 Å². The number of halogens is 1. The van der Waals surface area contributed by atoms with Gasteiger partial charge < -0.3 is 4.90 Å². The number of benzene rings is 2. The third-order valence-electron chi connectivity index (χ3n) is 3.61. The average molecular weight is 283 g/mol. The van der Waals surface area contributed by atoms with Crippen molar-refractivity contribution in [2.45, 2.75) is 13.5 Å². The molecule has 0 aliphatic rings. The molecule has 3 aromatic rings. The van der Waals surface area contributed by atoms with Crippen LogP contribution in [-0.2, 0) is 6.54 Å². The molecule has 3 nitrogen and oxygen atoms in total. The minimum Gasteiger partial charge on any atom is -0.303 e. The lowest BCUT2D eigenvalue weighted by Gasteiger charge is -2.09. The predicted octanol–water partition coefficient (Wildman–Crippen LogP) is 3.74. The van der Waals surface area contributed by atoms with Crippen LogP contribution in [0.15, 0.2) is 36.4 Å². The van der Waals surface area contributed by atoms with Crippen molar-refractivity contribution in [2.24, 2.45) is 0 Å². The van der Waals surface area contributed by atoms with Crippen molar-refractivity contribution in [1.29, 1.82) is 0 Å². The summed E-state index contributed by atoms with van der Waals surface area (Å²) in [6.45, 7) is 2.71. The number of H-pyrrole nitrogens is 1.